The number of ether oxygens (including phenoxy) is 2. The van der Waals surface area contributed by atoms with E-state index in [0.717, 1.165) is 27.1 Å². The monoisotopic (exact) mass is 321 g/mol. The molecular weight excluding hydrogens is 306 g/mol. The molecule has 2 aromatic carbocycles. The van der Waals surface area contributed by atoms with Gasteiger partial charge in [-0.25, -0.2) is 0 Å². The molecular formula is C15H16BrNO2. The van der Waals surface area contributed by atoms with Crippen LogP contribution in [0, 0.1) is 0 Å². The lowest BCUT2D eigenvalue weighted by molar-refractivity contribution is 0.305. The third kappa shape index (κ3) is 3.72. The fraction of sp³-hybridized carbons (Fsp3) is 0.200. The molecule has 0 aliphatic carbocycles. The van der Waals surface area contributed by atoms with Crippen molar-refractivity contribution < 1.29 is 9.47 Å². The van der Waals surface area contributed by atoms with Gasteiger partial charge in [-0.2, -0.15) is 0 Å². The first-order valence-electron chi connectivity index (χ1n) is 5.97. The SMILES string of the molecule is COc1ccc(COc2ccc(Br)cc2)cc1CN. The predicted molar refractivity (Wildman–Crippen MR) is 79.4 cm³/mol. The summed E-state index contributed by atoms with van der Waals surface area (Å²) >= 11 is 3.39. The van der Waals surface area contributed by atoms with E-state index < -0.39 is 0 Å². The van der Waals surface area contributed by atoms with Crippen LogP contribution in [0.2, 0.25) is 0 Å². The van der Waals surface area contributed by atoms with Crippen LogP contribution in [-0.4, -0.2) is 7.11 Å². The number of nitrogens with two attached hydrogens (primary N) is 1. The molecule has 2 aromatic rings. The van der Waals surface area contributed by atoms with Crippen molar-refractivity contribution in [2.75, 3.05) is 7.11 Å². The van der Waals surface area contributed by atoms with Gasteiger partial charge < -0.3 is 15.2 Å². The average Bonchev–Trinajstić information content (AvgIpc) is 2.46. The molecule has 0 amide bonds. The van der Waals surface area contributed by atoms with E-state index in [-0.39, 0.29) is 0 Å². The Balaban J connectivity index is 2.05. The van der Waals surface area contributed by atoms with E-state index in [0.29, 0.717) is 13.2 Å². The first kappa shape index (κ1) is 13.9. The third-order valence-corrected chi connectivity index (χ3v) is 3.31. The minimum absolute atomic E-state index is 0.454. The van der Waals surface area contributed by atoms with Crippen molar-refractivity contribution in [2.45, 2.75) is 13.2 Å². The molecule has 0 atom stereocenters. The Morgan fingerprint density at radius 2 is 1.84 bits per heavy atom. The molecule has 0 saturated heterocycles. The number of rotatable bonds is 5. The summed E-state index contributed by atoms with van der Waals surface area (Å²) in [7, 11) is 1.65. The summed E-state index contributed by atoms with van der Waals surface area (Å²) in [6.07, 6.45) is 0. The Morgan fingerprint density at radius 1 is 1.11 bits per heavy atom. The van der Waals surface area contributed by atoms with E-state index in [1.54, 1.807) is 7.11 Å². The van der Waals surface area contributed by atoms with Crippen molar-refractivity contribution in [1.29, 1.82) is 0 Å². The van der Waals surface area contributed by atoms with E-state index in [2.05, 4.69) is 15.9 Å². The van der Waals surface area contributed by atoms with Crippen LogP contribution in [0.4, 0.5) is 0 Å². The molecule has 100 valence electrons. The molecule has 0 unspecified atom stereocenters. The topological polar surface area (TPSA) is 44.5 Å². The molecule has 0 bridgehead atoms. The van der Waals surface area contributed by atoms with Gasteiger partial charge in [-0.1, -0.05) is 22.0 Å². The Labute approximate surface area is 121 Å². The first-order chi connectivity index (χ1) is 9.22. The molecule has 4 heteroatoms. The molecule has 0 aliphatic heterocycles. The van der Waals surface area contributed by atoms with Gasteiger partial charge in [0.1, 0.15) is 18.1 Å². The smallest absolute Gasteiger partial charge is 0.123 e. The molecule has 0 aliphatic rings. The second-order valence-electron chi connectivity index (χ2n) is 4.09. The van der Waals surface area contributed by atoms with Crippen LogP contribution in [0.15, 0.2) is 46.9 Å². The lowest BCUT2D eigenvalue weighted by Gasteiger charge is -2.10. The van der Waals surface area contributed by atoms with Crippen LogP contribution in [0.25, 0.3) is 0 Å². The van der Waals surface area contributed by atoms with Crippen molar-refractivity contribution >= 4 is 15.9 Å². The standard InChI is InChI=1S/C15H16BrNO2/c1-18-15-7-2-11(8-12(15)9-17)10-19-14-5-3-13(16)4-6-14/h2-8H,9-10,17H2,1H3. The highest BCUT2D eigenvalue weighted by atomic mass is 79.9. The summed E-state index contributed by atoms with van der Waals surface area (Å²) in [4.78, 5) is 0. The number of benzene rings is 2. The highest BCUT2D eigenvalue weighted by Crippen LogP contribution is 2.21. The molecule has 0 radical (unpaired) electrons. The molecule has 0 aromatic heterocycles. The molecule has 0 spiro atoms. The van der Waals surface area contributed by atoms with Crippen molar-refractivity contribution in [3.63, 3.8) is 0 Å². The van der Waals surface area contributed by atoms with E-state index in [1.807, 2.05) is 42.5 Å². The van der Waals surface area contributed by atoms with Crippen LogP contribution in [0.3, 0.4) is 0 Å². The van der Waals surface area contributed by atoms with Crippen molar-refractivity contribution in [1.82, 2.24) is 0 Å². The van der Waals surface area contributed by atoms with Crippen molar-refractivity contribution in [2.24, 2.45) is 5.73 Å². The van der Waals surface area contributed by atoms with Crippen LogP contribution in [-0.2, 0) is 13.2 Å². The number of hydrogen-bond donors (Lipinski definition) is 1. The van der Waals surface area contributed by atoms with E-state index >= 15 is 0 Å². The normalized spacial score (nSPS) is 10.3. The van der Waals surface area contributed by atoms with E-state index in [4.69, 9.17) is 15.2 Å². The lowest BCUT2D eigenvalue weighted by atomic mass is 10.1. The van der Waals surface area contributed by atoms with Gasteiger partial charge in [0.05, 0.1) is 7.11 Å². The Morgan fingerprint density at radius 3 is 2.47 bits per heavy atom. The summed E-state index contributed by atoms with van der Waals surface area (Å²) in [5.41, 5.74) is 7.75. The van der Waals surface area contributed by atoms with E-state index in [1.165, 1.54) is 0 Å². The summed E-state index contributed by atoms with van der Waals surface area (Å²) in [6.45, 7) is 0.966. The van der Waals surface area contributed by atoms with Gasteiger partial charge in [0, 0.05) is 16.6 Å². The van der Waals surface area contributed by atoms with Gasteiger partial charge >= 0.3 is 0 Å². The maximum absolute atomic E-state index is 5.72. The fourth-order valence-electron chi connectivity index (χ4n) is 1.78. The Bertz CT molecular complexity index is 540. The highest BCUT2D eigenvalue weighted by Gasteiger charge is 2.03. The summed E-state index contributed by atoms with van der Waals surface area (Å²) in [6, 6.07) is 13.7. The zero-order valence-corrected chi connectivity index (χ0v) is 12.3. The minimum Gasteiger partial charge on any atom is -0.496 e. The van der Waals surface area contributed by atoms with Gasteiger partial charge in [0.2, 0.25) is 0 Å². The fourth-order valence-corrected chi connectivity index (χ4v) is 2.04. The van der Waals surface area contributed by atoms with Gasteiger partial charge in [0.25, 0.3) is 0 Å². The quantitative estimate of drug-likeness (QED) is 0.916. The summed E-state index contributed by atoms with van der Waals surface area (Å²) < 4.78 is 12.0. The molecule has 3 nitrogen and oxygen atoms in total. The average molecular weight is 322 g/mol. The number of methoxy groups -OCH3 is 1. The second-order valence-corrected chi connectivity index (χ2v) is 5.01. The lowest BCUT2D eigenvalue weighted by Crippen LogP contribution is -2.02. The minimum atomic E-state index is 0.454. The van der Waals surface area contributed by atoms with Crippen molar-refractivity contribution in [3.05, 3.63) is 58.1 Å². The predicted octanol–water partition coefficient (Wildman–Crippen LogP) is 3.50. The van der Waals surface area contributed by atoms with Gasteiger partial charge in [-0.3, -0.25) is 0 Å². The zero-order valence-electron chi connectivity index (χ0n) is 10.7. The molecule has 19 heavy (non-hydrogen) atoms. The third-order valence-electron chi connectivity index (χ3n) is 2.78. The van der Waals surface area contributed by atoms with E-state index in [9.17, 15) is 0 Å². The molecule has 2 rings (SSSR count). The maximum Gasteiger partial charge on any atom is 0.123 e. The summed E-state index contributed by atoms with van der Waals surface area (Å²) in [5.74, 6) is 1.66. The largest absolute Gasteiger partial charge is 0.496 e. The number of halogens is 1. The van der Waals surface area contributed by atoms with Gasteiger partial charge in [-0.15, -0.1) is 0 Å². The maximum atomic E-state index is 5.72. The first-order valence-corrected chi connectivity index (χ1v) is 6.76. The van der Waals surface area contributed by atoms with Crippen molar-refractivity contribution in [3.8, 4) is 11.5 Å². The molecule has 0 fully saturated rings. The van der Waals surface area contributed by atoms with Crippen LogP contribution >= 0.6 is 15.9 Å². The highest BCUT2D eigenvalue weighted by molar-refractivity contribution is 9.10. The van der Waals surface area contributed by atoms with Crippen LogP contribution in [0.5, 0.6) is 11.5 Å². The Hall–Kier alpha value is -1.52. The molecule has 2 N–H and O–H groups in total. The number of hydrogen-bond acceptors (Lipinski definition) is 3. The zero-order chi connectivity index (χ0) is 13.7. The van der Waals surface area contributed by atoms with Crippen LogP contribution < -0.4 is 15.2 Å². The Kier molecular flexibility index (Phi) is 4.82. The van der Waals surface area contributed by atoms with Gasteiger partial charge in [0.15, 0.2) is 0 Å². The molecule has 0 heterocycles. The summed E-state index contributed by atoms with van der Waals surface area (Å²) in [5, 5.41) is 0. The molecule has 0 saturated carbocycles. The second kappa shape index (κ2) is 6.59. The van der Waals surface area contributed by atoms with Crippen LogP contribution in [0.1, 0.15) is 11.1 Å². The van der Waals surface area contributed by atoms with Gasteiger partial charge in [-0.05, 0) is 42.0 Å².